The van der Waals surface area contributed by atoms with Crippen LogP contribution in [0.2, 0.25) is 0 Å². The maximum atomic E-state index is 13.7. The summed E-state index contributed by atoms with van der Waals surface area (Å²) in [4.78, 5) is 38.9. The van der Waals surface area contributed by atoms with Crippen molar-refractivity contribution in [2.45, 2.75) is 75.6 Å². The van der Waals surface area contributed by atoms with Crippen molar-refractivity contribution in [3.8, 4) is 17.3 Å². The van der Waals surface area contributed by atoms with Gasteiger partial charge in [0.25, 0.3) is 5.91 Å². The number of amides is 2. The first kappa shape index (κ1) is 29.4. The van der Waals surface area contributed by atoms with Crippen molar-refractivity contribution >= 4 is 33.9 Å². The molecule has 1 spiro atoms. The Morgan fingerprint density at radius 3 is 2.67 bits per heavy atom. The number of fused-ring (bicyclic) bond motifs is 4. The van der Waals surface area contributed by atoms with Gasteiger partial charge in [0.1, 0.15) is 16.9 Å². The second-order valence-corrected chi connectivity index (χ2v) is 13.8. The third-order valence-electron chi connectivity index (χ3n) is 10.9. The molecule has 2 aliphatic heterocycles. The van der Waals surface area contributed by atoms with E-state index in [1.807, 2.05) is 19.2 Å². The number of piperidine rings is 1. The lowest BCUT2D eigenvalue weighted by atomic mass is 10.0. The maximum absolute atomic E-state index is 13.7. The number of rotatable bonds is 4. The summed E-state index contributed by atoms with van der Waals surface area (Å²) in [7, 11) is 5.29. The third kappa shape index (κ3) is 4.86. The van der Waals surface area contributed by atoms with Crippen LogP contribution in [0.3, 0.4) is 0 Å². The van der Waals surface area contributed by atoms with E-state index >= 15 is 0 Å². The molecule has 4 atom stereocenters. The van der Waals surface area contributed by atoms with Gasteiger partial charge in [-0.1, -0.05) is 12.8 Å². The molecule has 0 radical (unpaired) electrons. The second kappa shape index (κ2) is 11.1. The molecule has 4 aromatic rings. The smallest absolute Gasteiger partial charge is 0.254 e. The van der Waals surface area contributed by atoms with Crippen molar-refractivity contribution in [3.63, 3.8) is 0 Å². The van der Waals surface area contributed by atoms with Crippen LogP contribution in [0.5, 0.6) is 5.75 Å². The maximum Gasteiger partial charge on any atom is 0.254 e. The highest BCUT2D eigenvalue weighted by Gasteiger charge is 2.51. The number of hydrogen-bond donors (Lipinski definition) is 2. The van der Waals surface area contributed by atoms with E-state index in [1.54, 1.807) is 19.1 Å². The van der Waals surface area contributed by atoms with Crippen LogP contribution >= 0.6 is 0 Å². The zero-order valence-corrected chi connectivity index (χ0v) is 26.9. The Labute approximate surface area is 268 Å². The SMILES string of the molecule is COc1cc(C(=O)N2CC[C@@H](OC)[C@@H](N)C2)cc2nc(-c3cc4ccc5nc4n3CCCCC[C@@H]3C[C@H]3C(=O)NC53CC3)n(C)c12. The van der Waals surface area contributed by atoms with Gasteiger partial charge in [0.05, 0.1) is 35.7 Å². The van der Waals surface area contributed by atoms with E-state index in [1.165, 1.54) is 0 Å². The summed E-state index contributed by atoms with van der Waals surface area (Å²) in [6.07, 6.45) is 7.87. The number of aryl methyl sites for hydroxylation is 2. The van der Waals surface area contributed by atoms with Crippen LogP contribution in [0.4, 0.5) is 0 Å². The molecular formula is C35H43N7O4. The number of imidazole rings is 1. The summed E-state index contributed by atoms with van der Waals surface area (Å²) in [6.45, 7) is 1.84. The molecule has 1 saturated heterocycles. The largest absolute Gasteiger partial charge is 0.494 e. The van der Waals surface area contributed by atoms with Crippen molar-refractivity contribution in [1.82, 2.24) is 29.3 Å². The van der Waals surface area contributed by atoms with E-state index in [-0.39, 0.29) is 35.4 Å². The number of methoxy groups -OCH3 is 2. The zero-order valence-electron chi connectivity index (χ0n) is 26.9. The number of ether oxygens (including phenoxy) is 2. The lowest BCUT2D eigenvalue weighted by molar-refractivity contribution is -0.123. The molecule has 11 heteroatoms. The Kier molecular flexibility index (Phi) is 7.10. The van der Waals surface area contributed by atoms with Crippen molar-refractivity contribution in [2.24, 2.45) is 24.6 Å². The lowest BCUT2D eigenvalue weighted by Gasteiger charge is -2.36. The first-order valence-corrected chi connectivity index (χ1v) is 16.8. The van der Waals surface area contributed by atoms with Crippen molar-refractivity contribution in [2.75, 3.05) is 27.3 Å². The Hall–Kier alpha value is -3.96. The fourth-order valence-corrected chi connectivity index (χ4v) is 7.88. The van der Waals surface area contributed by atoms with Crippen LogP contribution in [-0.2, 0) is 28.7 Å². The molecule has 3 N–H and O–H groups in total. The van der Waals surface area contributed by atoms with Gasteiger partial charge in [-0.2, -0.15) is 0 Å². The average Bonchev–Trinajstić information content (AvgIpc) is 3.96. The van der Waals surface area contributed by atoms with E-state index in [2.05, 4.69) is 32.7 Å². The van der Waals surface area contributed by atoms with Crippen LogP contribution < -0.4 is 15.8 Å². The highest BCUT2D eigenvalue weighted by Crippen LogP contribution is 2.49. The number of nitrogens with one attached hydrogen (secondary N) is 1. The van der Waals surface area contributed by atoms with Crippen LogP contribution in [0.1, 0.15) is 67.4 Å². The van der Waals surface area contributed by atoms with Gasteiger partial charge in [0.2, 0.25) is 5.91 Å². The number of nitrogens with two attached hydrogens (primary N) is 1. The number of carbonyl (C=O) groups excluding carboxylic acids is 2. The summed E-state index contributed by atoms with van der Waals surface area (Å²) in [5.41, 5.74) is 10.8. The predicted octanol–water partition coefficient (Wildman–Crippen LogP) is 4.10. The van der Waals surface area contributed by atoms with Gasteiger partial charge in [-0.15, -0.1) is 0 Å². The molecule has 3 fully saturated rings. The quantitative estimate of drug-likeness (QED) is 0.349. The van der Waals surface area contributed by atoms with Gasteiger partial charge < -0.3 is 34.6 Å². The molecule has 3 aromatic heterocycles. The highest BCUT2D eigenvalue weighted by atomic mass is 16.5. The lowest BCUT2D eigenvalue weighted by Crippen LogP contribution is -2.53. The van der Waals surface area contributed by atoms with Gasteiger partial charge in [0, 0.05) is 56.7 Å². The normalized spacial score (nSPS) is 25.8. The topological polar surface area (TPSA) is 130 Å². The summed E-state index contributed by atoms with van der Waals surface area (Å²) in [5.74, 6) is 2.19. The van der Waals surface area contributed by atoms with Crippen LogP contribution in [0.25, 0.3) is 33.6 Å². The van der Waals surface area contributed by atoms with E-state index in [0.717, 1.165) is 85.3 Å². The number of nitrogens with zero attached hydrogens (tertiary/aromatic N) is 5. The number of carbonyl (C=O) groups is 2. The molecule has 8 rings (SSSR count). The first-order valence-electron chi connectivity index (χ1n) is 16.8. The standard InChI is InChI=1S/C35H43N7O4/c1-40-30-25(16-22(18-28(30)46-3)34(44)41-14-10-27(45-2)24(36)19-41)37-32(40)26-17-21-8-9-29-35(11-12-35)39-33(43)23-15-20(23)7-5-4-6-13-42(26)31(21)38-29/h8-9,16-18,20,23-24,27H,4-7,10-15,19,36H2,1-3H3,(H,39,43)/t20-,23-,24+,27-/m1/s1. The molecule has 2 aliphatic carbocycles. The number of aromatic nitrogens is 4. The van der Waals surface area contributed by atoms with Crippen LogP contribution in [-0.4, -0.2) is 75.3 Å². The predicted molar refractivity (Wildman–Crippen MR) is 174 cm³/mol. The van der Waals surface area contributed by atoms with Gasteiger partial charge >= 0.3 is 0 Å². The molecule has 0 unspecified atom stereocenters. The van der Waals surface area contributed by atoms with Crippen molar-refractivity contribution < 1.29 is 19.1 Å². The Bertz CT molecular complexity index is 1860. The van der Waals surface area contributed by atoms with E-state index < -0.39 is 0 Å². The second-order valence-electron chi connectivity index (χ2n) is 13.8. The van der Waals surface area contributed by atoms with E-state index in [9.17, 15) is 9.59 Å². The van der Waals surface area contributed by atoms with Gasteiger partial charge in [-0.05, 0) is 74.8 Å². The first-order chi connectivity index (χ1) is 22.3. The molecule has 242 valence electrons. The molecule has 4 aliphatic rings. The summed E-state index contributed by atoms with van der Waals surface area (Å²) in [5, 5.41) is 4.44. The highest BCUT2D eigenvalue weighted by molar-refractivity contribution is 6.00. The molecule has 1 aromatic carbocycles. The fourth-order valence-electron chi connectivity index (χ4n) is 7.88. The molecule has 2 bridgehead atoms. The summed E-state index contributed by atoms with van der Waals surface area (Å²) in [6, 6.07) is 9.82. The molecule has 46 heavy (non-hydrogen) atoms. The molecule has 2 amide bonds. The Morgan fingerprint density at radius 2 is 1.91 bits per heavy atom. The molecular weight excluding hydrogens is 582 g/mol. The minimum Gasteiger partial charge on any atom is -0.494 e. The number of pyridine rings is 1. The number of hydrogen-bond acceptors (Lipinski definition) is 7. The Morgan fingerprint density at radius 1 is 1.07 bits per heavy atom. The number of benzene rings is 1. The summed E-state index contributed by atoms with van der Waals surface area (Å²) >= 11 is 0. The molecule has 2 saturated carbocycles. The fraction of sp³-hybridized carbons (Fsp3) is 0.543. The third-order valence-corrected chi connectivity index (χ3v) is 10.9. The van der Waals surface area contributed by atoms with Crippen molar-refractivity contribution in [1.29, 1.82) is 0 Å². The minimum absolute atomic E-state index is 0.0485. The minimum atomic E-state index is -0.352. The van der Waals surface area contributed by atoms with Gasteiger partial charge in [0.15, 0.2) is 5.82 Å². The monoisotopic (exact) mass is 625 g/mol. The van der Waals surface area contributed by atoms with E-state index in [4.69, 9.17) is 25.2 Å². The molecule has 11 nitrogen and oxygen atoms in total. The van der Waals surface area contributed by atoms with E-state index in [0.29, 0.717) is 42.3 Å². The average molecular weight is 626 g/mol. The van der Waals surface area contributed by atoms with Crippen LogP contribution in [0, 0.1) is 11.8 Å². The van der Waals surface area contributed by atoms with Crippen molar-refractivity contribution in [3.05, 3.63) is 41.6 Å². The van der Waals surface area contributed by atoms with Gasteiger partial charge in [-0.3, -0.25) is 9.59 Å². The summed E-state index contributed by atoms with van der Waals surface area (Å²) < 4.78 is 15.7. The zero-order chi connectivity index (χ0) is 31.7. The van der Waals surface area contributed by atoms with Crippen LogP contribution in [0.15, 0.2) is 30.3 Å². The Balaban J connectivity index is 1.19. The molecule has 5 heterocycles. The van der Waals surface area contributed by atoms with Gasteiger partial charge in [-0.25, -0.2) is 9.97 Å². The number of likely N-dealkylation sites (tertiary alicyclic amines) is 1.